The summed E-state index contributed by atoms with van der Waals surface area (Å²) in [7, 11) is -10.0. The largest absolute Gasteiger partial charge is 0.472 e. The van der Waals surface area contributed by atoms with Crippen LogP contribution in [-0.4, -0.2) is 96.7 Å². The van der Waals surface area contributed by atoms with E-state index in [9.17, 15) is 43.2 Å². The molecule has 0 rings (SSSR count). The molecule has 5 atom stereocenters. The Labute approximate surface area is 678 Å². The first-order valence-corrected chi connectivity index (χ1v) is 45.7. The van der Waals surface area contributed by atoms with Crippen LogP contribution < -0.4 is 0 Å². The first-order valence-electron chi connectivity index (χ1n) is 42.7. The molecule has 17 nitrogen and oxygen atoms in total. The molecule has 3 N–H and O–H groups in total. The van der Waals surface area contributed by atoms with Crippen molar-refractivity contribution >= 4 is 39.5 Å². The Kier molecular flexibility index (Phi) is 78.4. The Balaban J connectivity index is 5.52. The second-order valence-corrected chi connectivity index (χ2v) is 30.6. The summed E-state index contributed by atoms with van der Waals surface area (Å²) in [6.07, 6.45) is 103. The number of esters is 4. The highest BCUT2D eigenvalue weighted by Gasteiger charge is 2.30. The molecule has 0 aromatic rings. The van der Waals surface area contributed by atoms with Gasteiger partial charge in [-0.2, -0.15) is 0 Å². The topological polar surface area (TPSA) is 237 Å². The molecule has 634 valence electrons. The van der Waals surface area contributed by atoms with Crippen LogP contribution in [0.1, 0.15) is 310 Å². The molecule has 0 aromatic heterocycles. The maximum Gasteiger partial charge on any atom is 0.472 e. The van der Waals surface area contributed by atoms with Crippen LogP contribution in [0.5, 0.6) is 0 Å². The van der Waals surface area contributed by atoms with Crippen LogP contribution >= 0.6 is 15.6 Å². The fourth-order valence-electron chi connectivity index (χ4n) is 10.6. The first-order chi connectivity index (χ1) is 54.7. The number of allylic oxidation sites excluding steroid dienone is 32. The van der Waals surface area contributed by atoms with E-state index in [4.69, 9.17) is 37.0 Å². The average Bonchev–Trinajstić information content (AvgIpc) is 0.898. The highest BCUT2D eigenvalue weighted by molar-refractivity contribution is 7.47. The van der Waals surface area contributed by atoms with Gasteiger partial charge in [-0.15, -0.1) is 0 Å². The fraction of sp³-hybridized carbons (Fsp3) is 0.613. The second-order valence-electron chi connectivity index (χ2n) is 27.6. The molecule has 5 unspecified atom stereocenters. The molecular formula is C93H150O17P2. The lowest BCUT2D eigenvalue weighted by molar-refractivity contribution is -0.161. The molecule has 0 saturated heterocycles. The molecule has 0 aromatic carbocycles. The molecule has 0 aliphatic carbocycles. The second kappa shape index (κ2) is 82.9. The zero-order valence-electron chi connectivity index (χ0n) is 69.5. The highest BCUT2D eigenvalue weighted by atomic mass is 31.2. The summed E-state index contributed by atoms with van der Waals surface area (Å²) in [6, 6.07) is 0. The summed E-state index contributed by atoms with van der Waals surface area (Å²) in [5, 5.41) is 10.7. The van der Waals surface area contributed by atoms with E-state index in [-0.39, 0.29) is 25.7 Å². The predicted molar refractivity (Wildman–Crippen MR) is 463 cm³/mol. The number of carbonyl (C=O) groups excluding carboxylic acids is 4. The maximum atomic E-state index is 13.1. The summed E-state index contributed by atoms with van der Waals surface area (Å²) < 4.78 is 68.7. The van der Waals surface area contributed by atoms with Crippen molar-refractivity contribution in [3.8, 4) is 0 Å². The Morgan fingerprint density at radius 2 is 0.482 bits per heavy atom. The normalized spacial score (nSPS) is 14.7. The van der Waals surface area contributed by atoms with Gasteiger partial charge < -0.3 is 33.8 Å². The minimum Gasteiger partial charge on any atom is -0.462 e. The molecule has 112 heavy (non-hydrogen) atoms. The van der Waals surface area contributed by atoms with Crippen molar-refractivity contribution in [3.63, 3.8) is 0 Å². The third-order valence-corrected chi connectivity index (χ3v) is 18.9. The third kappa shape index (κ3) is 81.9. The van der Waals surface area contributed by atoms with Crippen molar-refractivity contribution in [2.24, 2.45) is 0 Å². The summed E-state index contributed by atoms with van der Waals surface area (Å²) in [5.74, 6) is -2.35. The molecule has 19 heteroatoms. The number of ether oxygens (including phenoxy) is 4. The molecule has 0 radical (unpaired) electrons. The number of hydrogen-bond donors (Lipinski definition) is 3. The lowest BCUT2D eigenvalue weighted by Crippen LogP contribution is -2.30. The molecule has 0 bridgehead atoms. The summed E-state index contributed by atoms with van der Waals surface area (Å²) in [6.45, 7) is 4.44. The van der Waals surface area contributed by atoms with E-state index in [1.165, 1.54) is 38.5 Å². The van der Waals surface area contributed by atoms with Crippen molar-refractivity contribution in [1.82, 2.24) is 0 Å². The number of hydrogen-bond acceptors (Lipinski definition) is 15. The van der Waals surface area contributed by atoms with E-state index in [0.29, 0.717) is 32.1 Å². The molecule has 0 fully saturated rings. The quantitative estimate of drug-likeness (QED) is 0.0169. The van der Waals surface area contributed by atoms with Gasteiger partial charge in [-0.05, 0) is 180 Å². The fourth-order valence-corrected chi connectivity index (χ4v) is 12.2. The summed E-state index contributed by atoms with van der Waals surface area (Å²) >= 11 is 0. The van der Waals surface area contributed by atoms with Crippen LogP contribution in [0.2, 0.25) is 0 Å². The van der Waals surface area contributed by atoms with Gasteiger partial charge in [0.15, 0.2) is 12.2 Å². The molecular weight excluding hydrogens is 1450 g/mol. The first kappa shape index (κ1) is 106. The number of phosphoric ester groups is 2. The zero-order chi connectivity index (χ0) is 81.7. The van der Waals surface area contributed by atoms with Gasteiger partial charge in [0, 0.05) is 25.7 Å². The number of phosphoric acid groups is 2. The van der Waals surface area contributed by atoms with Crippen LogP contribution in [0.4, 0.5) is 0 Å². The number of aliphatic hydroxyl groups excluding tert-OH is 1. The van der Waals surface area contributed by atoms with Crippen molar-refractivity contribution in [3.05, 3.63) is 194 Å². The molecule has 0 aliphatic rings. The predicted octanol–water partition coefficient (Wildman–Crippen LogP) is 25.7. The molecule has 0 aliphatic heterocycles. The molecule has 0 saturated carbocycles. The van der Waals surface area contributed by atoms with Gasteiger partial charge in [-0.25, -0.2) is 9.13 Å². The minimum atomic E-state index is -5.02. The SMILES string of the molecule is CC/C=C\C/C=C\C/C=C\C/C=C\C/C=C\C/C=C\CCC(=O)OCC(COP(=O)(O)OCC(O)COP(=O)(O)OCC(COC(=O)CCCCCCCC/C=C\C/C=C\C/C=C\CCCCC)OC(=O)CCCCCCC/C=C\C/C=C\CCCCC)OC(=O)CCCCC/C=C\C/C=C\C/C=C\C/C=C\C/C=C\CC. The molecule has 0 heterocycles. The van der Waals surface area contributed by atoms with Gasteiger partial charge in [0.1, 0.15) is 19.3 Å². The van der Waals surface area contributed by atoms with E-state index in [1.54, 1.807) is 0 Å². The van der Waals surface area contributed by atoms with E-state index in [2.05, 4.69) is 204 Å². The van der Waals surface area contributed by atoms with Crippen molar-refractivity contribution in [1.29, 1.82) is 0 Å². The number of aliphatic hydroxyl groups is 1. The Bertz CT molecular complexity index is 2890. The number of rotatable bonds is 78. The van der Waals surface area contributed by atoms with Gasteiger partial charge in [-0.3, -0.25) is 37.3 Å². The molecule has 0 amide bonds. The Hall–Kier alpha value is -6.10. The number of unbranched alkanes of at least 4 members (excludes halogenated alkanes) is 20. The highest BCUT2D eigenvalue weighted by Crippen LogP contribution is 2.45. The lowest BCUT2D eigenvalue weighted by atomic mass is 10.1. The van der Waals surface area contributed by atoms with Crippen LogP contribution in [0.15, 0.2) is 194 Å². The molecule has 0 spiro atoms. The van der Waals surface area contributed by atoms with E-state index >= 15 is 0 Å². The Morgan fingerprint density at radius 3 is 0.777 bits per heavy atom. The van der Waals surface area contributed by atoms with Gasteiger partial charge in [0.25, 0.3) is 0 Å². The van der Waals surface area contributed by atoms with Crippen molar-refractivity contribution < 1.29 is 80.2 Å². The summed E-state index contributed by atoms with van der Waals surface area (Å²) in [4.78, 5) is 73.2. The minimum absolute atomic E-state index is 0.0202. The van der Waals surface area contributed by atoms with Gasteiger partial charge in [0.05, 0.1) is 26.4 Å². The smallest absolute Gasteiger partial charge is 0.462 e. The van der Waals surface area contributed by atoms with Gasteiger partial charge in [-0.1, -0.05) is 299 Å². The van der Waals surface area contributed by atoms with Crippen LogP contribution in [0.25, 0.3) is 0 Å². The average molecular weight is 1600 g/mol. The van der Waals surface area contributed by atoms with E-state index < -0.39 is 97.5 Å². The van der Waals surface area contributed by atoms with Crippen LogP contribution in [-0.2, 0) is 65.4 Å². The maximum absolute atomic E-state index is 13.1. The zero-order valence-corrected chi connectivity index (χ0v) is 71.3. The van der Waals surface area contributed by atoms with Crippen LogP contribution in [0, 0.1) is 0 Å². The lowest BCUT2D eigenvalue weighted by Gasteiger charge is -2.21. The standard InChI is InChI=1S/C93H150O17P2/c1-5-9-13-17-21-25-29-33-37-40-43-46-50-53-57-61-65-69-73-77-90(95)103-83-88(109-92(97)79-75-71-67-63-59-55-49-36-32-28-24-20-16-12-8-4)85-107-111(99,100)105-81-87(94)82-106-112(101,102)108-86-89(110-93(98)80-76-72-68-64-60-56-52-48-45-42-39-35-31-27-23-19-15-11-7-3)84-104-91(96)78-74-70-66-62-58-54-51-47-44-41-38-34-30-26-22-18-14-10-6-2/h10-11,14-15,21-28,33-39,43-49,54,56,58,60,66,70,87-89,94H,5-9,12-13,16-20,29-32,40-42,50-53,55,57,59,61-65,67-69,71-86H2,1-4H3,(H,99,100)(H,101,102)/b14-10-,15-11-,25-21-,26-22-,27-23-,28-24-,37-33-,38-34-,39-35-,46-43-,47-44-,48-45-,49-36-,58-54-,60-56-,70-66-. The van der Waals surface area contributed by atoms with Crippen molar-refractivity contribution in [2.45, 2.75) is 329 Å². The van der Waals surface area contributed by atoms with Crippen LogP contribution in [0.3, 0.4) is 0 Å². The monoisotopic (exact) mass is 1600 g/mol. The van der Waals surface area contributed by atoms with Gasteiger partial charge >= 0.3 is 39.5 Å². The van der Waals surface area contributed by atoms with Crippen molar-refractivity contribution in [2.75, 3.05) is 39.6 Å². The van der Waals surface area contributed by atoms with E-state index in [0.717, 1.165) is 186 Å². The summed E-state index contributed by atoms with van der Waals surface area (Å²) in [5.41, 5.74) is 0. The Morgan fingerprint density at radius 1 is 0.259 bits per heavy atom. The van der Waals surface area contributed by atoms with Gasteiger partial charge in [0.2, 0.25) is 0 Å². The number of carbonyl (C=O) groups is 4. The third-order valence-electron chi connectivity index (χ3n) is 17.0. The van der Waals surface area contributed by atoms with E-state index in [1.807, 2.05) is 18.2 Å².